The molecular weight excluding hydrogens is 404 g/mol. The van der Waals surface area contributed by atoms with Crippen LogP contribution in [0.15, 0.2) is 36.4 Å². The molecule has 0 radical (unpaired) electrons. The second-order valence-corrected chi connectivity index (χ2v) is 8.25. The molecule has 174 valence electrons. The minimum absolute atomic E-state index is 0.0697. The molecule has 1 atom stereocenters. The lowest BCUT2D eigenvalue weighted by molar-refractivity contribution is -0.137. The number of nitrogen functional groups attached to an aromatic ring is 1. The van der Waals surface area contributed by atoms with Crippen LogP contribution in [0, 0.1) is 0 Å². The fraction of sp³-hybridized carbons (Fsp3) is 0.500. The Balaban J connectivity index is 2.13. The van der Waals surface area contributed by atoms with Crippen LogP contribution in [0.25, 0.3) is 11.1 Å². The summed E-state index contributed by atoms with van der Waals surface area (Å²) in [7, 11) is 0. The second-order valence-electron chi connectivity index (χ2n) is 8.25. The van der Waals surface area contributed by atoms with Gasteiger partial charge < -0.3 is 25.2 Å². The maximum atomic E-state index is 11.5. The average molecular weight is 441 g/mol. The van der Waals surface area contributed by atoms with Crippen LogP contribution in [-0.2, 0) is 9.53 Å². The Bertz CT molecular complexity index is 891. The zero-order chi connectivity index (χ0) is 23.1. The summed E-state index contributed by atoms with van der Waals surface area (Å²) in [6.07, 6.45) is 2.75. The van der Waals surface area contributed by atoms with E-state index in [1.807, 2.05) is 44.2 Å². The van der Waals surface area contributed by atoms with Gasteiger partial charge in [-0.3, -0.25) is 4.79 Å². The minimum atomic E-state index is -0.805. The molecule has 3 N–H and O–H groups in total. The highest BCUT2D eigenvalue weighted by atomic mass is 16.5. The number of hydrogen-bond donors (Lipinski definition) is 2. The van der Waals surface area contributed by atoms with Crippen molar-refractivity contribution >= 4 is 17.3 Å². The number of rotatable bonds is 10. The van der Waals surface area contributed by atoms with Crippen LogP contribution in [0.3, 0.4) is 0 Å². The molecule has 1 heterocycles. The highest BCUT2D eigenvalue weighted by Crippen LogP contribution is 2.43. The molecule has 2 aromatic carbocycles. The van der Waals surface area contributed by atoms with E-state index in [1.54, 1.807) is 0 Å². The zero-order valence-corrected chi connectivity index (χ0v) is 19.5. The molecule has 0 bridgehead atoms. The van der Waals surface area contributed by atoms with Crippen LogP contribution in [0.5, 0.6) is 5.75 Å². The van der Waals surface area contributed by atoms with E-state index in [4.69, 9.17) is 15.2 Å². The number of carboxylic acid groups (broad SMARTS) is 1. The van der Waals surface area contributed by atoms with Crippen LogP contribution in [0.4, 0.5) is 11.4 Å². The molecule has 0 saturated carbocycles. The number of anilines is 2. The Hall–Kier alpha value is -2.73. The van der Waals surface area contributed by atoms with Crippen molar-refractivity contribution < 1.29 is 19.4 Å². The van der Waals surface area contributed by atoms with Gasteiger partial charge in [0.05, 0.1) is 13.0 Å². The third-order valence-electron chi connectivity index (χ3n) is 6.35. The van der Waals surface area contributed by atoms with Gasteiger partial charge in [-0.1, -0.05) is 25.1 Å². The summed E-state index contributed by atoms with van der Waals surface area (Å²) < 4.78 is 11.2. The number of hydrogen-bond acceptors (Lipinski definition) is 5. The van der Waals surface area contributed by atoms with Gasteiger partial charge in [-0.05, 0) is 68.4 Å². The van der Waals surface area contributed by atoms with Crippen molar-refractivity contribution in [3.8, 4) is 16.9 Å². The molecule has 0 amide bonds. The number of ether oxygens (including phenoxy) is 2. The molecule has 0 aromatic heterocycles. The standard InChI is InChI=1S/C26H36N2O4/c1-4-18(17-24(29)30)22-11-12-23(28(5-2)20-13-15-31-16-14-20)25(26(22)27)19-7-9-21(10-8-19)32-6-3/h7-12,18,20H,4-6,13-17,27H2,1-3H3,(H,29,30). The zero-order valence-electron chi connectivity index (χ0n) is 19.5. The van der Waals surface area contributed by atoms with Crippen molar-refractivity contribution in [1.82, 2.24) is 0 Å². The van der Waals surface area contributed by atoms with Gasteiger partial charge in [-0.2, -0.15) is 0 Å². The fourth-order valence-electron chi connectivity index (χ4n) is 4.71. The van der Waals surface area contributed by atoms with Crippen LogP contribution in [0.2, 0.25) is 0 Å². The van der Waals surface area contributed by atoms with Crippen molar-refractivity contribution in [2.24, 2.45) is 0 Å². The lowest BCUT2D eigenvalue weighted by Gasteiger charge is -2.37. The first kappa shape index (κ1) is 23.9. The first-order chi connectivity index (χ1) is 15.5. The second kappa shape index (κ2) is 11.2. The topological polar surface area (TPSA) is 85.0 Å². The van der Waals surface area contributed by atoms with E-state index in [9.17, 15) is 9.90 Å². The third-order valence-corrected chi connectivity index (χ3v) is 6.35. The Morgan fingerprint density at radius 3 is 2.41 bits per heavy atom. The normalized spacial score (nSPS) is 15.3. The summed E-state index contributed by atoms with van der Waals surface area (Å²) in [6.45, 7) is 9.16. The first-order valence-corrected chi connectivity index (χ1v) is 11.7. The van der Waals surface area contributed by atoms with Gasteiger partial charge >= 0.3 is 5.97 Å². The Labute approximate surface area is 191 Å². The van der Waals surface area contributed by atoms with Gasteiger partial charge in [0, 0.05) is 42.7 Å². The van der Waals surface area contributed by atoms with E-state index < -0.39 is 5.97 Å². The molecule has 1 fully saturated rings. The van der Waals surface area contributed by atoms with Gasteiger partial charge in [0.25, 0.3) is 0 Å². The SMILES string of the molecule is CCOc1ccc(-c2c(N(CC)C3CCOCC3)ccc(C(CC)CC(=O)O)c2N)cc1. The number of carboxylic acids is 1. The fourth-order valence-corrected chi connectivity index (χ4v) is 4.71. The number of aliphatic carboxylic acids is 1. The van der Waals surface area contributed by atoms with Crippen LogP contribution < -0.4 is 15.4 Å². The molecule has 1 unspecified atom stereocenters. The molecule has 2 aromatic rings. The van der Waals surface area contributed by atoms with Gasteiger partial charge in [-0.15, -0.1) is 0 Å². The largest absolute Gasteiger partial charge is 0.494 e. The van der Waals surface area contributed by atoms with Crippen LogP contribution >= 0.6 is 0 Å². The van der Waals surface area contributed by atoms with Gasteiger partial charge in [-0.25, -0.2) is 0 Å². The molecule has 0 aliphatic carbocycles. The van der Waals surface area contributed by atoms with Crippen LogP contribution in [0.1, 0.15) is 57.9 Å². The quantitative estimate of drug-likeness (QED) is 0.487. The Morgan fingerprint density at radius 2 is 1.84 bits per heavy atom. The summed E-state index contributed by atoms with van der Waals surface area (Å²) in [5.41, 5.74) is 11.5. The van der Waals surface area contributed by atoms with Crippen LogP contribution in [-0.4, -0.2) is 43.5 Å². The lowest BCUT2D eigenvalue weighted by atomic mass is 9.87. The Morgan fingerprint density at radius 1 is 1.16 bits per heavy atom. The molecule has 32 heavy (non-hydrogen) atoms. The Kier molecular flexibility index (Phi) is 8.39. The summed E-state index contributed by atoms with van der Waals surface area (Å²) in [5.74, 6) is -0.108. The number of nitrogens with two attached hydrogens (primary N) is 1. The summed E-state index contributed by atoms with van der Waals surface area (Å²) in [4.78, 5) is 13.9. The molecule has 0 spiro atoms. The van der Waals surface area contributed by atoms with Gasteiger partial charge in [0.15, 0.2) is 0 Å². The summed E-state index contributed by atoms with van der Waals surface area (Å²) in [5, 5.41) is 9.41. The van der Waals surface area contributed by atoms with Crippen molar-refractivity contribution in [2.45, 2.75) is 58.4 Å². The molecule has 6 heteroatoms. The maximum absolute atomic E-state index is 11.5. The van der Waals surface area contributed by atoms with E-state index in [2.05, 4.69) is 17.9 Å². The molecule has 6 nitrogen and oxygen atoms in total. The molecule has 1 aliphatic rings. The highest BCUT2D eigenvalue weighted by Gasteiger charge is 2.26. The van der Waals surface area contributed by atoms with Crippen molar-refractivity contribution in [3.05, 3.63) is 42.0 Å². The van der Waals surface area contributed by atoms with E-state index in [1.165, 1.54) is 0 Å². The third kappa shape index (κ3) is 5.36. The van der Waals surface area contributed by atoms with E-state index in [0.717, 1.165) is 67.1 Å². The molecule has 1 aliphatic heterocycles. The maximum Gasteiger partial charge on any atom is 0.303 e. The van der Waals surface area contributed by atoms with Crippen molar-refractivity contribution in [1.29, 1.82) is 0 Å². The highest BCUT2D eigenvalue weighted by molar-refractivity contribution is 5.90. The van der Waals surface area contributed by atoms with E-state index in [0.29, 0.717) is 18.3 Å². The number of nitrogens with zero attached hydrogens (tertiary/aromatic N) is 1. The molecular formula is C26H36N2O4. The summed E-state index contributed by atoms with van der Waals surface area (Å²) >= 11 is 0. The van der Waals surface area contributed by atoms with Gasteiger partial charge in [0.1, 0.15) is 5.75 Å². The van der Waals surface area contributed by atoms with E-state index in [-0.39, 0.29) is 12.3 Å². The lowest BCUT2D eigenvalue weighted by Crippen LogP contribution is -2.39. The first-order valence-electron chi connectivity index (χ1n) is 11.7. The molecule has 1 saturated heterocycles. The number of carbonyl (C=O) groups is 1. The predicted molar refractivity (Wildman–Crippen MR) is 130 cm³/mol. The minimum Gasteiger partial charge on any atom is -0.494 e. The average Bonchev–Trinajstić information content (AvgIpc) is 2.80. The summed E-state index contributed by atoms with van der Waals surface area (Å²) in [6, 6.07) is 12.6. The predicted octanol–water partition coefficient (Wildman–Crippen LogP) is 5.31. The van der Waals surface area contributed by atoms with E-state index >= 15 is 0 Å². The van der Waals surface area contributed by atoms with Crippen molar-refractivity contribution in [3.63, 3.8) is 0 Å². The monoisotopic (exact) mass is 440 g/mol. The van der Waals surface area contributed by atoms with Crippen molar-refractivity contribution in [2.75, 3.05) is 37.0 Å². The van der Waals surface area contributed by atoms with Gasteiger partial charge in [0.2, 0.25) is 0 Å². The smallest absolute Gasteiger partial charge is 0.303 e. The number of benzene rings is 2. The molecule has 3 rings (SSSR count).